The zero-order valence-electron chi connectivity index (χ0n) is 3.72. The van der Waals surface area contributed by atoms with E-state index in [0.717, 1.165) is 12.8 Å². The van der Waals surface area contributed by atoms with Gasteiger partial charge in [-0.3, -0.25) is 0 Å². The van der Waals surface area contributed by atoms with E-state index in [1.807, 2.05) is 0 Å². The van der Waals surface area contributed by atoms with Crippen LogP contribution in [0.3, 0.4) is 0 Å². The molecule has 0 heterocycles. The number of aliphatic hydroxyl groups excluding tert-OH is 2. The van der Waals surface area contributed by atoms with Gasteiger partial charge in [-0.15, -0.1) is 0 Å². The molecule has 7 heavy (non-hydrogen) atoms. The average Bonchev–Trinajstić information content (AvgIpc) is 1.61. The third-order valence-electron chi connectivity index (χ3n) is 0.566. The predicted octanol–water partition coefficient (Wildman–Crippen LogP) is -1.17. The molecule has 0 amide bonds. The van der Waals surface area contributed by atoms with Gasteiger partial charge in [-0.1, -0.05) is 0 Å². The van der Waals surface area contributed by atoms with Crippen LogP contribution in [0.2, 0.25) is 0 Å². The van der Waals surface area contributed by atoms with Gasteiger partial charge in [-0.25, -0.2) is 0 Å². The van der Waals surface area contributed by atoms with Gasteiger partial charge in [-0.05, 0) is 12.8 Å². The molecule has 0 rings (SSSR count). The molecular formula is C4H12CaO2. The third kappa shape index (κ3) is 11.0. The summed E-state index contributed by atoms with van der Waals surface area (Å²) in [5.74, 6) is 0. The molecule has 0 aromatic heterocycles. The molecular weight excluding hydrogens is 120 g/mol. The van der Waals surface area contributed by atoms with E-state index in [4.69, 9.17) is 10.2 Å². The van der Waals surface area contributed by atoms with Crippen molar-refractivity contribution in [2.75, 3.05) is 13.2 Å². The number of hydrogen-bond donors (Lipinski definition) is 2. The predicted molar refractivity (Wildman–Crippen MR) is 31.9 cm³/mol. The van der Waals surface area contributed by atoms with Crippen molar-refractivity contribution in [2.45, 2.75) is 12.8 Å². The first-order valence-corrected chi connectivity index (χ1v) is 2.13. The van der Waals surface area contributed by atoms with Crippen LogP contribution in [-0.2, 0) is 0 Å². The van der Waals surface area contributed by atoms with Gasteiger partial charge in [0.1, 0.15) is 0 Å². The summed E-state index contributed by atoms with van der Waals surface area (Å²) in [5.41, 5.74) is 0. The van der Waals surface area contributed by atoms with E-state index < -0.39 is 0 Å². The molecule has 0 saturated carbocycles. The first-order valence-electron chi connectivity index (χ1n) is 2.13. The molecule has 0 atom stereocenters. The van der Waals surface area contributed by atoms with Crippen LogP contribution in [0.5, 0.6) is 0 Å². The Balaban J connectivity index is 0. The van der Waals surface area contributed by atoms with Gasteiger partial charge < -0.3 is 10.2 Å². The summed E-state index contributed by atoms with van der Waals surface area (Å²) >= 11 is 0. The van der Waals surface area contributed by atoms with E-state index in [-0.39, 0.29) is 51.0 Å². The SMILES string of the molecule is OCCCCO.[CaH2]. The zero-order chi connectivity index (χ0) is 4.83. The van der Waals surface area contributed by atoms with Gasteiger partial charge >= 0.3 is 37.7 Å². The second-order valence-electron chi connectivity index (χ2n) is 1.15. The Morgan fingerprint density at radius 2 is 1.14 bits per heavy atom. The van der Waals surface area contributed by atoms with E-state index in [1.54, 1.807) is 0 Å². The second kappa shape index (κ2) is 10.2. The fourth-order valence-corrected chi connectivity index (χ4v) is 0.224. The molecule has 0 bridgehead atoms. The number of hydrogen-bond acceptors (Lipinski definition) is 2. The summed E-state index contributed by atoms with van der Waals surface area (Å²) < 4.78 is 0. The molecule has 3 heteroatoms. The molecule has 0 aliphatic rings. The Hall–Kier alpha value is 1.18. The fraction of sp³-hybridized carbons (Fsp3) is 1.00. The Morgan fingerprint density at radius 3 is 1.29 bits per heavy atom. The van der Waals surface area contributed by atoms with Crippen LogP contribution in [-0.4, -0.2) is 61.2 Å². The van der Waals surface area contributed by atoms with Crippen molar-refractivity contribution < 1.29 is 10.2 Å². The van der Waals surface area contributed by atoms with Crippen LogP contribution in [0.25, 0.3) is 0 Å². The molecule has 2 nitrogen and oxygen atoms in total. The van der Waals surface area contributed by atoms with E-state index in [9.17, 15) is 0 Å². The van der Waals surface area contributed by atoms with E-state index >= 15 is 0 Å². The monoisotopic (exact) mass is 132 g/mol. The average molecular weight is 132 g/mol. The maximum absolute atomic E-state index is 8.09. The first kappa shape index (κ1) is 11.0. The van der Waals surface area contributed by atoms with Crippen LogP contribution in [0, 0.1) is 0 Å². The van der Waals surface area contributed by atoms with Gasteiger partial charge in [-0.2, -0.15) is 0 Å². The van der Waals surface area contributed by atoms with Gasteiger partial charge in [0.2, 0.25) is 0 Å². The molecule has 0 aromatic rings. The maximum atomic E-state index is 8.09. The van der Waals surface area contributed by atoms with Crippen molar-refractivity contribution in [1.29, 1.82) is 0 Å². The van der Waals surface area contributed by atoms with Crippen LogP contribution in [0.15, 0.2) is 0 Å². The van der Waals surface area contributed by atoms with Crippen molar-refractivity contribution in [3.8, 4) is 0 Å². The summed E-state index contributed by atoms with van der Waals surface area (Å²) in [6.45, 7) is 0.390. The molecule has 0 radical (unpaired) electrons. The van der Waals surface area contributed by atoms with Crippen LogP contribution in [0.4, 0.5) is 0 Å². The summed E-state index contributed by atoms with van der Waals surface area (Å²) in [4.78, 5) is 0. The number of rotatable bonds is 3. The minimum atomic E-state index is 0. The minimum absolute atomic E-state index is 0. The summed E-state index contributed by atoms with van der Waals surface area (Å²) in [5, 5.41) is 16.2. The topological polar surface area (TPSA) is 40.5 Å². The number of unbranched alkanes of at least 4 members (excludes halogenated alkanes) is 1. The molecule has 0 aromatic carbocycles. The Bertz CT molecular complexity index is 21.7. The van der Waals surface area contributed by atoms with E-state index in [0.29, 0.717) is 0 Å². The van der Waals surface area contributed by atoms with Gasteiger partial charge in [0.15, 0.2) is 0 Å². The van der Waals surface area contributed by atoms with Crippen molar-refractivity contribution in [1.82, 2.24) is 0 Å². The molecule has 0 saturated heterocycles. The summed E-state index contributed by atoms with van der Waals surface area (Å²) in [7, 11) is 0. The van der Waals surface area contributed by atoms with Gasteiger partial charge in [0.25, 0.3) is 0 Å². The standard InChI is InChI=1S/C4H10O2.Ca.2H/c5-3-1-2-4-6;;;/h5-6H,1-4H2;;;. The van der Waals surface area contributed by atoms with Crippen molar-refractivity contribution in [3.05, 3.63) is 0 Å². The quantitative estimate of drug-likeness (QED) is 0.375. The van der Waals surface area contributed by atoms with E-state index in [2.05, 4.69) is 0 Å². The Kier molecular flexibility index (Phi) is 16.1. The molecule has 42 valence electrons. The van der Waals surface area contributed by atoms with Crippen molar-refractivity contribution in [3.63, 3.8) is 0 Å². The third-order valence-corrected chi connectivity index (χ3v) is 0.566. The molecule has 0 fully saturated rings. The fourth-order valence-electron chi connectivity index (χ4n) is 0.224. The summed E-state index contributed by atoms with van der Waals surface area (Å²) in [6, 6.07) is 0. The summed E-state index contributed by atoms with van der Waals surface area (Å²) in [6.07, 6.45) is 1.44. The Morgan fingerprint density at radius 1 is 0.857 bits per heavy atom. The molecule has 0 spiro atoms. The van der Waals surface area contributed by atoms with Crippen LogP contribution in [0.1, 0.15) is 12.8 Å². The normalized spacial score (nSPS) is 7.71. The van der Waals surface area contributed by atoms with Crippen LogP contribution < -0.4 is 0 Å². The Labute approximate surface area is 73.5 Å². The van der Waals surface area contributed by atoms with Crippen molar-refractivity contribution in [2.24, 2.45) is 0 Å². The first-order chi connectivity index (χ1) is 2.91. The molecule has 2 N–H and O–H groups in total. The van der Waals surface area contributed by atoms with Crippen molar-refractivity contribution >= 4 is 37.7 Å². The zero-order valence-corrected chi connectivity index (χ0v) is 3.72. The van der Waals surface area contributed by atoms with Gasteiger partial charge in [0, 0.05) is 13.2 Å². The van der Waals surface area contributed by atoms with Gasteiger partial charge in [0.05, 0.1) is 0 Å². The molecule has 0 aliphatic carbocycles. The number of aliphatic hydroxyl groups is 2. The second-order valence-corrected chi connectivity index (χ2v) is 1.15. The molecule has 0 unspecified atom stereocenters. The van der Waals surface area contributed by atoms with Crippen LogP contribution >= 0.6 is 0 Å². The molecule has 0 aliphatic heterocycles. The van der Waals surface area contributed by atoms with E-state index in [1.165, 1.54) is 0 Å².